The fourth-order valence-corrected chi connectivity index (χ4v) is 5.43. The smallest absolute Gasteiger partial charge is 0.267 e. The summed E-state index contributed by atoms with van der Waals surface area (Å²) in [6, 6.07) is 0. The van der Waals surface area contributed by atoms with Crippen LogP contribution in [0.5, 0.6) is 0 Å². The zero-order valence-corrected chi connectivity index (χ0v) is 12.5. The summed E-state index contributed by atoms with van der Waals surface area (Å²) >= 11 is 0. The van der Waals surface area contributed by atoms with Crippen molar-refractivity contribution >= 4 is 10.1 Å². The summed E-state index contributed by atoms with van der Waals surface area (Å²) in [5.41, 5.74) is 0.285. The molecule has 5 heteroatoms. The van der Waals surface area contributed by atoms with Crippen LogP contribution in [-0.2, 0) is 10.1 Å². The quantitative estimate of drug-likeness (QED) is 0.761. The van der Waals surface area contributed by atoms with Gasteiger partial charge in [0.1, 0.15) is 0 Å². The van der Waals surface area contributed by atoms with E-state index in [0.717, 1.165) is 17.8 Å². The maximum atomic E-state index is 11.0. The first-order valence-electron chi connectivity index (χ1n) is 7.58. The summed E-state index contributed by atoms with van der Waals surface area (Å²) in [7, 11) is -3.87. The first-order valence-corrected chi connectivity index (χ1v) is 9.08. The molecule has 0 aromatic heterocycles. The van der Waals surface area contributed by atoms with Crippen molar-refractivity contribution in [2.45, 2.75) is 62.7 Å². The van der Waals surface area contributed by atoms with Crippen LogP contribution in [0, 0.1) is 17.8 Å². The molecule has 0 spiro atoms. The molecule has 0 aromatic rings. The molecule has 0 heterocycles. The molecule has 4 aliphatic carbocycles. The lowest BCUT2D eigenvalue weighted by Gasteiger charge is -2.57. The standard InChI is InChI=1S/C14H25NO3S/c1-10(19(16,17)18)2-3-15-14-7-11-4-12(8-14)6-13(5-11)9-14/h10-13,15H,2-9H2,1H3,(H,16,17,18). The van der Waals surface area contributed by atoms with Crippen LogP contribution in [0.4, 0.5) is 0 Å². The lowest BCUT2D eigenvalue weighted by molar-refractivity contribution is -0.0195. The Morgan fingerprint density at radius 1 is 1.16 bits per heavy atom. The highest BCUT2D eigenvalue weighted by Gasteiger charge is 2.50. The first kappa shape index (κ1) is 13.8. The number of hydrogen-bond acceptors (Lipinski definition) is 3. The second-order valence-electron chi connectivity index (χ2n) is 7.24. The molecule has 1 unspecified atom stereocenters. The van der Waals surface area contributed by atoms with E-state index in [4.69, 9.17) is 4.55 Å². The first-order chi connectivity index (χ1) is 8.86. The van der Waals surface area contributed by atoms with Gasteiger partial charge in [-0.1, -0.05) is 0 Å². The predicted octanol–water partition coefficient (Wildman–Crippen LogP) is 2.21. The van der Waals surface area contributed by atoms with E-state index in [0.29, 0.717) is 13.0 Å². The summed E-state index contributed by atoms with van der Waals surface area (Å²) in [5, 5.41) is 3.00. The van der Waals surface area contributed by atoms with Crippen LogP contribution >= 0.6 is 0 Å². The Morgan fingerprint density at radius 3 is 2.05 bits per heavy atom. The third-order valence-electron chi connectivity index (χ3n) is 5.60. The van der Waals surface area contributed by atoms with Gasteiger partial charge in [-0.2, -0.15) is 8.42 Å². The number of hydrogen-bond donors (Lipinski definition) is 2. The highest BCUT2D eigenvalue weighted by atomic mass is 32.2. The third kappa shape index (κ3) is 2.83. The van der Waals surface area contributed by atoms with Gasteiger partial charge in [-0.05, 0) is 76.2 Å². The Hall–Kier alpha value is -0.130. The lowest BCUT2D eigenvalue weighted by Crippen LogP contribution is -2.58. The second-order valence-corrected chi connectivity index (χ2v) is 9.07. The Kier molecular flexibility index (Phi) is 3.43. The topological polar surface area (TPSA) is 66.4 Å². The Bertz CT molecular complexity index is 410. The molecule has 4 bridgehead atoms. The van der Waals surface area contributed by atoms with E-state index in [9.17, 15) is 8.42 Å². The largest absolute Gasteiger partial charge is 0.311 e. The molecular formula is C14H25NO3S. The van der Waals surface area contributed by atoms with Gasteiger partial charge in [-0.3, -0.25) is 4.55 Å². The van der Waals surface area contributed by atoms with E-state index >= 15 is 0 Å². The number of rotatable bonds is 5. The molecule has 4 nitrogen and oxygen atoms in total. The van der Waals surface area contributed by atoms with E-state index in [1.165, 1.54) is 38.5 Å². The summed E-state index contributed by atoms with van der Waals surface area (Å²) < 4.78 is 31.0. The monoisotopic (exact) mass is 287 g/mol. The molecule has 0 saturated heterocycles. The van der Waals surface area contributed by atoms with Gasteiger partial charge in [0.2, 0.25) is 0 Å². The minimum atomic E-state index is -3.87. The van der Waals surface area contributed by atoms with Gasteiger partial charge in [-0.25, -0.2) is 0 Å². The van der Waals surface area contributed by atoms with Crippen LogP contribution < -0.4 is 5.32 Å². The van der Waals surface area contributed by atoms with Crippen molar-refractivity contribution < 1.29 is 13.0 Å². The summed E-state index contributed by atoms with van der Waals surface area (Å²) in [6.45, 7) is 2.28. The summed E-state index contributed by atoms with van der Waals surface area (Å²) in [6.07, 6.45) is 8.59. The molecule has 1 atom stereocenters. The minimum absolute atomic E-state index is 0.285. The normalized spacial score (nSPS) is 42.5. The molecule has 2 N–H and O–H groups in total. The van der Waals surface area contributed by atoms with Gasteiger partial charge < -0.3 is 5.32 Å². The average Bonchev–Trinajstić information content (AvgIpc) is 2.25. The Balaban J connectivity index is 1.56. The van der Waals surface area contributed by atoms with Crippen molar-refractivity contribution in [3.63, 3.8) is 0 Å². The van der Waals surface area contributed by atoms with Crippen LogP contribution in [0.25, 0.3) is 0 Å². The molecule has 4 saturated carbocycles. The zero-order chi connectivity index (χ0) is 13.7. The van der Waals surface area contributed by atoms with Crippen molar-refractivity contribution in [1.29, 1.82) is 0 Å². The van der Waals surface area contributed by atoms with Gasteiger partial charge in [-0.15, -0.1) is 0 Å². The lowest BCUT2D eigenvalue weighted by atomic mass is 9.53. The highest BCUT2D eigenvalue weighted by molar-refractivity contribution is 7.86. The molecule has 19 heavy (non-hydrogen) atoms. The van der Waals surface area contributed by atoms with Crippen LogP contribution in [0.15, 0.2) is 0 Å². The van der Waals surface area contributed by atoms with E-state index in [1.54, 1.807) is 6.92 Å². The van der Waals surface area contributed by atoms with E-state index in [-0.39, 0.29) is 5.54 Å². The molecule has 4 fully saturated rings. The maximum absolute atomic E-state index is 11.0. The Labute approximate surface area is 116 Å². The average molecular weight is 287 g/mol. The minimum Gasteiger partial charge on any atom is -0.311 e. The van der Waals surface area contributed by atoms with Crippen LogP contribution in [0.3, 0.4) is 0 Å². The number of nitrogens with one attached hydrogen (secondary N) is 1. The summed E-state index contributed by atoms with van der Waals surface area (Å²) in [4.78, 5) is 0. The fourth-order valence-electron chi connectivity index (χ4n) is 5.02. The van der Waals surface area contributed by atoms with Crippen LogP contribution in [0.2, 0.25) is 0 Å². The molecule has 4 rings (SSSR count). The summed E-state index contributed by atoms with van der Waals surface area (Å²) in [5.74, 6) is 2.70. The van der Waals surface area contributed by atoms with Crippen LogP contribution in [-0.4, -0.2) is 30.3 Å². The molecule has 0 amide bonds. The van der Waals surface area contributed by atoms with Crippen molar-refractivity contribution in [2.24, 2.45) is 17.8 Å². The maximum Gasteiger partial charge on any atom is 0.267 e. The second kappa shape index (κ2) is 4.71. The van der Waals surface area contributed by atoms with E-state index in [1.807, 2.05) is 0 Å². The fraction of sp³-hybridized carbons (Fsp3) is 1.00. The van der Waals surface area contributed by atoms with Crippen molar-refractivity contribution in [3.8, 4) is 0 Å². The van der Waals surface area contributed by atoms with Crippen LogP contribution in [0.1, 0.15) is 51.9 Å². The predicted molar refractivity (Wildman–Crippen MR) is 74.5 cm³/mol. The van der Waals surface area contributed by atoms with Gasteiger partial charge >= 0.3 is 0 Å². The molecule has 4 aliphatic rings. The van der Waals surface area contributed by atoms with Gasteiger partial charge in [0.15, 0.2) is 0 Å². The van der Waals surface area contributed by atoms with Gasteiger partial charge in [0.25, 0.3) is 10.1 Å². The van der Waals surface area contributed by atoms with Crippen molar-refractivity contribution in [2.75, 3.05) is 6.54 Å². The van der Waals surface area contributed by atoms with Gasteiger partial charge in [0.05, 0.1) is 5.25 Å². The molecule has 0 aliphatic heterocycles. The zero-order valence-electron chi connectivity index (χ0n) is 11.6. The van der Waals surface area contributed by atoms with E-state index < -0.39 is 15.4 Å². The van der Waals surface area contributed by atoms with E-state index in [2.05, 4.69) is 5.32 Å². The molecule has 0 aromatic carbocycles. The van der Waals surface area contributed by atoms with Crippen molar-refractivity contribution in [1.82, 2.24) is 5.32 Å². The highest BCUT2D eigenvalue weighted by Crippen LogP contribution is 2.55. The third-order valence-corrected chi connectivity index (χ3v) is 6.85. The SMILES string of the molecule is CC(CCNC12CC3CC(CC(C3)C1)C2)S(=O)(=O)O. The molecule has 110 valence electrons. The van der Waals surface area contributed by atoms with Gasteiger partial charge in [0, 0.05) is 5.54 Å². The molecule has 0 radical (unpaired) electrons. The molecular weight excluding hydrogens is 262 g/mol. The Morgan fingerprint density at radius 2 is 1.63 bits per heavy atom. The van der Waals surface area contributed by atoms with Crippen molar-refractivity contribution in [3.05, 3.63) is 0 Å².